The van der Waals surface area contributed by atoms with Crippen LogP contribution in [0.15, 0.2) is 12.6 Å². The minimum Gasteiger partial charge on any atom is -0.423 e. The molecule has 0 bridgehead atoms. The van der Waals surface area contributed by atoms with Crippen molar-refractivity contribution >= 4 is 18.7 Å². The molecule has 1 aromatic rings. The summed E-state index contributed by atoms with van der Waals surface area (Å²) in [5, 5.41) is 17.1. The first-order chi connectivity index (χ1) is 6.49. The lowest BCUT2D eigenvalue weighted by Gasteiger charge is -2.06. The van der Waals surface area contributed by atoms with Crippen LogP contribution in [0.25, 0.3) is 6.08 Å². The maximum Gasteiger partial charge on any atom is 0.491 e. The van der Waals surface area contributed by atoms with E-state index in [-0.39, 0.29) is 0 Å². The summed E-state index contributed by atoms with van der Waals surface area (Å²) in [5.74, 6) is -4.07. The van der Waals surface area contributed by atoms with Gasteiger partial charge >= 0.3 is 7.12 Å². The third-order valence-corrected chi connectivity index (χ3v) is 1.70. The lowest BCUT2D eigenvalue weighted by molar-refractivity contribution is 0.418. The van der Waals surface area contributed by atoms with Gasteiger partial charge in [0.25, 0.3) is 0 Å². The van der Waals surface area contributed by atoms with Crippen LogP contribution in [-0.2, 0) is 0 Å². The molecule has 0 atom stereocenters. The van der Waals surface area contributed by atoms with E-state index in [1.54, 1.807) is 0 Å². The minimum absolute atomic E-state index is 0.514. The van der Waals surface area contributed by atoms with Crippen molar-refractivity contribution in [3.8, 4) is 0 Å². The number of benzene rings is 1. The predicted octanol–water partition coefficient (Wildman–Crippen LogP) is 0.427. The van der Waals surface area contributed by atoms with E-state index < -0.39 is 35.6 Å². The monoisotopic (exact) mass is 202 g/mol. The Kier molecular flexibility index (Phi) is 2.98. The van der Waals surface area contributed by atoms with Crippen LogP contribution in [0.5, 0.6) is 0 Å². The molecule has 0 aliphatic heterocycles. The molecule has 1 aromatic carbocycles. The van der Waals surface area contributed by atoms with E-state index in [4.69, 9.17) is 10.0 Å². The molecule has 0 aliphatic rings. The highest BCUT2D eigenvalue weighted by Gasteiger charge is 2.23. The van der Waals surface area contributed by atoms with Crippen LogP contribution in [0.2, 0.25) is 0 Å². The van der Waals surface area contributed by atoms with E-state index in [9.17, 15) is 13.2 Å². The molecule has 0 unspecified atom stereocenters. The molecule has 14 heavy (non-hydrogen) atoms. The Morgan fingerprint density at radius 3 is 2.21 bits per heavy atom. The summed E-state index contributed by atoms with van der Waals surface area (Å²) < 4.78 is 38.9. The molecule has 74 valence electrons. The lowest BCUT2D eigenvalue weighted by atomic mass is 9.79. The highest BCUT2D eigenvalue weighted by atomic mass is 19.2. The summed E-state index contributed by atoms with van der Waals surface area (Å²) in [6.45, 7) is 3.10. The fourth-order valence-electron chi connectivity index (χ4n) is 1.00. The summed E-state index contributed by atoms with van der Waals surface area (Å²) in [4.78, 5) is 0. The van der Waals surface area contributed by atoms with Crippen molar-refractivity contribution in [2.75, 3.05) is 0 Å². The van der Waals surface area contributed by atoms with Gasteiger partial charge in [-0.2, -0.15) is 0 Å². The molecule has 0 fully saturated rings. The summed E-state index contributed by atoms with van der Waals surface area (Å²) in [6.07, 6.45) is 0.807. The molecule has 0 saturated carbocycles. The molecule has 2 nitrogen and oxygen atoms in total. The minimum atomic E-state index is -2.25. The Hall–Kier alpha value is -1.27. The van der Waals surface area contributed by atoms with Crippen molar-refractivity contribution in [1.82, 2.24) is 0 Å². The normalized spacial score (nSPS) is 10.1. The Balaban J connectivity index is 3.47. The topological polar surface area (TPSA) is 40.5 Å². The zero-order valence-corrected chi connectivity index (χ0v) is 6.97. The van der Waals surface area contributed by atoms with Crippen LogP contribution in [0.4, 0.5) is 13.2 Å². The highest BCUT2D eigenvalue weighted by molar-refractivity contribution is 6.58. The number of halogens is 3. The van der Waals surface area contributed by atoms with Crippen molar-refractivity contribution in [3.63, 3.8) is 0 Å². The smallest absolute Gasteiger partial charge is 0.423 e. The SMILES string of the molecule is C=Cc1c(F)cc(B(O)O)c(F)c1F. The van der Waals surface area contributed by atoms with Gasteiger partial charge in [0.2, 0.25) is 0 Å². The van der Waals surface area contributed by atoms with Gasteiger partial charge in [0.05, 0.1) is 0 Å². The molecule has 0 aliphatic carbocycles. The number of hydrogen-bond donors (Lipinski definition) is 2. The van der Waals surface area contributed by atoms with Crippen LogP contribution in [-0.4, -0.2) is 17.2 Å². The first-order valence-electron chi connectivity index (χ1n) is 3.65. The zero-order chi connectivity index (χ0) is 10.9. The molecule has 0 saturated heterocycles. The molecule has 1 rings (SSSR count). The van der Waals surface area contributed by atoms with Gasteiger partial charge in [-0.05, 0) is 6.07 Å². The molecule has 0 spiro atoms. The summed E-state index contributed by atoms with van der Waals surface area (Å²) in [5.41, 5.74) is -1.47. The molecule has 0 heterocycles. The molecule has 6 heteroatoms. The second kappa shape index (κ2) is 3.85. The van der Waals surface area contributed by atoms with Crippen molar-refractivity contribution < 1.29 is 23.2 Å². The second-order valence-corrected chi connectivity index (χ2v) is 2.57. The lowest BCUT2D eigenvalue weighted by Crippen LogP contribution is -2.34. The van der Waals surface area contributed by atoms with Crippen LogP contribution < -0.4 is 5.46 Å². The van der Waals surface area contributed by atoms with E-state index in [1.807, 2.05) is 0 Å². The summed E-state index contributed by atoms with van der Waals surface area (Å²) in [7, 11) is -2.25. The van der Waals surface area contributed by atoms with E-state index in [1.165, 1.54) is 0 Å². The third kappa shape index (κ3) is 1.66. The standard InChI is InChI=1S/C8H6BF3O2/c1-2-4-6(10)3-5(9(13)14)8(12)7(4)11/h2-3,13-14H,1H2. The summed E-state index contributed by atoms with van der Waals surface area (Å²) >= 11 is 0. The van der Waals surface area contributed by atoms with E-state index in [0.29, 0.717) is 6.07 Å². The number of rotatable bonds is 2. The third-order valence-electron chi connectivity index (χ3n) is 1.70. The second-order valence-electron chi connectivity index (χ2n) is 2.57. The van der Waals surface area contributed by atoms with Gasteiger partial charge in [-0.15, -0.1) is 0 Å². The quantitative estimate of drug-likeness (QED) is 0.539. The van der Waals surface area contributed by atoms with E-state index in [0.717, 1.165) is 6.08 Å². The summed E-state index contributed by atoms with van der Waals surface area (Å²) in [6, 6.07) is 0.514. The van der Waals surface area contributed by atoms with Crippen molar-refractivity contribution in [2.45, 2.75) is 0 Å². The Morgan fingerprint density at radius 2 is 1.79 bits per heavy atom. The first kappa shape index (κ1) is 10.8. The first-order valence-corrected chi connectivity index (χ1v) is 3.65. The fraction of sp³-hybridized carbons (Fsp3) is 0. The average Bonchev–Trinajstić information content (AvgIpc) is 2.12. The van der Waals surface area contributed by atoms with Gasteiger partial charge in [0.1, 0.15) is 5.82 Å². The van der Waals surface area contributed by atoms with Crippen LogP contribution >= 0.6 is 0 Å². The van der Waals surface area contributed by atoms with Gasteiger partial charge < -0.3 is 10.0 Å². The molecule has 0 radical (unpaired) electrons. The van der Waals surface area contributed by atoms with E-state index >= 15 is 0 Å². The Bertz CT molecular complexity index is 379. The van der Waals surface area contributed by atoms with Crippen LogP contribution in [0.3, 0.4) is 0 Å². The van der Waals surface area contributed by atoms with E-state index in [2.05, 4.69) is 6.58 Å². The maximum absolute atomic E-state index is 13.0. The van der Waals surface area contributed by atoms with Gasteiger partial charge in [-0.1, -0.05) is 12.7 Å². The van der Waals surface area contributed by atoms with Crippen molar-refractivity contribution in [3.05, 3.63) is 35.7 Å². The molecular formula is C8H6BF3O2. The number of hydrogen-bond acceptors (Lipinski definition) is 2. The Morgan fingerprint density at radius 1 is 1.21 bits per heavy atom. The molecular weight excluding hydrogens is 196 g/mol. The van der Waals surface area contributed by atoms with Gasteiger partial charge in [0, 0.05) is 11.0 Å². The van der Waals surface area contributed by atoms with Crippen molar-refractivity contribution in [1.29, 1.82) is 0 Å². The van der Waals surface area contributed by atoms with Crippen LogP contribution in [0.1, 0.15) is 5.56 Å². The zero-order valence-electron chi connectivity index (χ0n) is 6.97. The van der Waals surface area contributed by atoms with Gasteiger partial charge in [0.15, 0.2) is 11.6 Å². The maximum atomic E-state index is 13.0. The molecule has 0 aromatic heterocycles. The highest BCUT2D eigenvalue weighted by Crippen LogP contribution is 2.15. The van der Waals surface area contributed by atoms with Crippen molar-refractivity contribution in [2.24, 2.45) is 0 Å². The Labute approximate surface area is 78.4 Å². The van der Waals surface area contributed by atoms with Gasteiger partial charge in [-0.25, -0.2) is 13.2 Å². The largest absolute Gasteiger partial charge is 0.491 e. The fourth-order valence-corrected chi connectivity index (χ4v) is 1.00. The van der Waals surface area contributed by atoms with Crippen LogP contribution in [0, 0.1) is 17.5 Å². The predicted molar refractivity (Wildman–Crippen MR) is 46.2 cm³/mol. The molecule has 0 amide bonds. The molecule has 2 N–H and O–H groups in total. The van der Waals surface area contributed by atoms with Gasteiger partial charge in [-0.3, -0.25) is 0 Å². The average molecular weight is 202 g/mol.